The van der Waals surface area contributed by atoms with Crippen molar-refractivity contribution in [2.24, 2.45) is 0 Å². The first-order chi connectivity index (χ1) is 17.0. The van der Waals surface area contributed by atoms with Gasteiger partial charge in [-0.1, -0.05) is 12.1 Å². The van der Waals surface area contributed by atoms with Crippen LogP contribution >= 0.6 is 0 Å². The van der Waals surface area contributed by atoms with Gasteiger partial charge >= 0.3 is 0 Å². The number of carbonyl (C=O) groups excluding carboxylic acids is 1. The monoisotopic (exact) mass is 495 g/mol. The number of hydrogen-bond donors (Lipinski definition) is 1. The highest BCUT2D eigenvalue weighted by atomic mass is 19.3. The summed E-state index contributed by atoms with van der Waals surface area (Å²) in [5, 5.41) is 18.5. The third-order valence-corrected chi connectivity index (χ3v) is 5.52. The van der Waals surface area contributed by atoms with Gasteiger partial charge in [-0.15, -0.1) is 0 Å². The molecular formula is C25H23F2N5O4. The molecule has 0 bridgehead atoms. The molecule has 0 saturated carbocycles. The van der Waals surface area contributed by atoms with Crippen LogP contribution in [0.5, 0.6) is 11.5 Å². The number of benzene rings is 2. The van der Waals surface area contributed by atoms with Crippen LogP contribution < -0.4 is 10.1 Å². The summed E-state index contributed by atoms with van der Waals surface area (Å²) in [6, 6.07) is 10.8. The second-order valence-electron chi connectivity index (χ2n) is 8.49. The normalized spacial score (nSPS) is 11.2. The van der Waals surface area contributed by atoms with Crippen molar-refractivity contribution in [2.45, 2.75) is 40.7 Å². The Labute approximate surface area is 204 Å². The van der Waals surface area contributed by atoms with E-state index in [1.807, 2.05) is 26.0 Å². The van der Waals surface area contributed by atoms with E-state index >= 15 is 0 Å². The SMILES string of the molecule is Cc1ccc(C)c(Oc2cc(NC(=O)Cn3nc(C)c4c(C(F)F)cc(C)nc43)cc([N+](=O)[O-])c2)c1. The van der Waals surface area contributed by atoms with E-state index in [1.165, 1.54) is 28.9 Å². The fourth-order valence-electron chi connectivity index (χ4n) is 3.90. The number of amides is 1. The number of aryl methyl sites for hydroxylation is 4. The lowest BCUT2D eigenvalue weighted by atomic mass is 10.1. The second-order valence-corrected chi connectivity index (χ2v) is 8.49. The highest BCUT2D eigenvalue weighted by molar-refractivity contribution is 5.92. The van der Waals surface area contributed by atoms with Crippen molar-refractivity contribution in [2.75, 3.05) is 5.32 Å². The first kappa shape index (κ1) is 24.7. The number of carbonyl (C=O) groups is 1. The van der Waals surface area contributed by atoms with Gasteiger partial charge in [-0.05, 0) is 51.0 Å². The third kappa shape index (κ3) is 5.14. The van der Waals surface area contributed by atoms with E-state index < -0.39 is 17.3 Å². The third-order valence-electron chi connectivity index (χ3n) is 5.52. The predicted molar refractivity (Wildman–Crippen MR) is 130 cm³/mol. The number of rotatable bonds is 7. The molecule has 1 amide bonds. The molecular weight excluding hydrogens is 472 g/mol. The molecule has 0 aliphatic carbocycles. The zero-order valence-electron chi connectivity index (χ0n) is 20.0. The van der Waals surface area contributed by atoms with Crippen LogP contribution in [0.2, 0.25) is 0 Å². The van der Waals surface area contributed by atoms with Gasteiger partial charge in [0.2, 0.25) is 5.91 Å². The van der Waals surface area contributed by atoms with Crippen LogP contribution in [0.15, 0.2) is 42.5 Å². The Hall–Kier alpha value is -4.41. The van der Waals surface area contributed by atoms with Gasteiger partial charge in [0, 0.05) is 23.4 Å². The summed E-state index contributed by atoms with van der Waals surface area (Å²) in [5.74, 6) is 0.134. The van der Waals surface area contributed by atoms with Crippen molar-refractivity contribution in [1.29, 1.82) is 0 Å². The number of nitrogens with one attached hydrogen (secondary N) is 1. The molecule has 186 valence electrons. The molecule has 0 aliphatic rings. The van der Waals surface area contributed by atoms with E-state index in [2.05, 4.69) is 15.4 Å². The Morgan fingerprint density at radius 2 is 1.89 bits per heavy atom. The van der Waals surface area contributed by atoms with Gasteiger partial charge in [-0.3, -0.25) is 14.9 Å². The van der Waals surface area contributed by atoms with Crippen LogP contribution in [0.25, 0.3) is 11.0 Å². The van der Waals surface area contributed by atoms with Crippen molar-refractivity contribution in [1.82, 2.24) is 14.8 Å². The number of nitrogens with zero attached hydrogens (tertiary/aromatic N) is 4. The Morgan fingerprint density at radius 1 is 1.14 bits per heavy atom. The van der Waals surface area contributed by atoms with Gasteiger partial charge in [0.1, 0.15) is 18.0 Å². The number of aromatic nitrogens is 3. The van der Waals surface area contributed by atoms with Crippen molar-refractivity contribution >= 4 is 28.3 Å². The van der Waals surface area contributed by atoms with Crippen LogP contribution in [-0.2, 0) is 11.3 Å². The number of pyridine rings is 1. The maximum Gasteiger partial charge on any atom is 0.275 e. The molecule has 36 heavy (non-hydrogen) atoms. The highest BCUT2D eigenvalue weighted by Gasteiger charge is 2.21. The number of fused-ring (bicyclic) bond motifs is 1. The van der Waals surface area contributed by atoms with Crippen LogP contribution in [0.1, 0.15) is 34.5 Å². The van der Waals surface area contributed by atoms with Gasteiger partial charge in [0.05, 0.1) is 27.8 Å². The molecule has 11 heteroatoms. The summed E-state index contributed by atoms with van der Waals surface area (Å²) < 4.78 is 34.2. The van der Waals surface area contributed by atoms with Gasteiger partial charge < -0.3 is 10.1 Å². The number of hydrogen-bond acceptors (Lipinski definition) is 6. The minimum atomic E-state index is -2.72. The lowest BCUT2D eigenvalue weighted by Crippen LogP contribution is -2.20. The summed E-state index contributed by atoms with van der Waals surface area (Å²) >= 11 is 0. The molecule has 0 atom stereocenters. The summed E-state index contributed by atoms with van der Waals surface area (Å²) in [5.41, 5.74) is 2.31. The number of halogens is 2. The zero-order valence-corrected chi connectivity index (χ0v) is 20.0. The van der Waals surface area contributed by atoms with E-state index in [0.29, 0.717) is 17.1 Å². The molecule has 0 aliphatic heterocycles. The predicted octanol–water partition coefficient (Wildman–Crippen LogP) is 5.94. The average Bonchev–Trinajstić information content (AvgIpc) is 3.10. The number of alkyl halides is 2. The van der Waals surface area contributed by atoms with Gasteiger partial charge in [-0.2, -0.15) is 5.10 Å². The summed E-state index contributed by atoms with van der Waals surface area (Å²) in [7, 11) is 0. The first-order valence-electron chi connectivity index (χ1n) is 11.0. The molecule has 1 N–H and O–H groups in total. The fourth-order valence-corrected chi connectivity index (χ4v) is 3.90. The Balaban J connectivity index is 1.62. The van der Waals surface area contributed by atoms with Crippen molar-refractivity contribution < 1.29 is 23.2 Å². The number of anilines is 1. The molecule has 0 spiro atoms. The Bertz CT molecular complexity index is 1500. The number of ether oxygens (including phenoxy) is 1. The Morgan fingerprint density at radius 3 is 2.58 bits per heavy atom. The Kier molecular flexibility index (Phi) is 6.65. The summed E-state index contributed by atoms with van der Waals surface area (Å²) in [6.45, 7) is 6.56. The van der Waals surface area contributed by atoms with Crippen LogP contribution in [0, 0.1) is 37.8 Å². The average molecular weight is 495 g/mol. The second kappa shape index (κ2) is 9.68. The van der Waals surface area contributed by atoms with E-state index in [0.717, 1.165) is 11.1 Å². The van der Waals surface area contributed by atoms with Crippen molar-refractivity contribution in [3.63, 3.8) is 0 Å². The fraction of sp³-hybridized carbons (Fsp3) is 0.240. The van der Waals surface area contributed by atoms with Crippen LogP contribution in [0.4, 0.5) is 20.2 Å². The van der Waals surface area contributed by atoms with Crippen LogP contribution in [-0.4, -0.2) is 25.6 Å². The van der Waals surface area contributed by atoms with Gasteiger partial charge in [-0.25, -0.2) is 18.4 Å². The molecule has 0 unspecified atom stereocenters. The quantitative estimate of drug-likeness (QED) is 0.251. The molecule has 2 aromatic carbocycles. The first-order valence-corrected chi connectivity index (χ1v) is 11.0. The summed E-state index contributed by atoms with van der Waals surface area (Å²) in [6.07, 6.45) is -2.72. The molecule has 9 nitrogen and oxygen atoms in total. The maximum absolute atomic E-state index is 13.5. The summed E-state index contributed by atoms with van der Waals surface area (Å²) in [4.78, 5) is 28.0. The molecule has 0 fully saturated rings. The highest BCUT2D eigenvalue weighted by Crippen LogP contribution is 2.32. The molecule has 4 rings (SSSR count). The largest absolute Gasteiger partial charge is 0.457 e. The van der Waals surface area contributed by atoms with Crippen molar-refractivity contribution in [3.05, 3.63) is 80.7 Å². The molecule has 4 aromatic rings. The number of nitro groups is 1. The topological polar surface area (TPSA) is 112 Å². The molecule has 0 saturated heterocycles. The number of nitro benzene ring substituents is 1. The minimum Gasteiger partial charge on any atom is -0.457 e. The van der Waals surface area contributed by atoms with E-state index in [-0.39, 0.29) is 40.3 Å². The van der Waals surface area contributed by atoms with Crippen LogP contribution in [0.3, 0.4) is 0 Å². The lowest BCUT2D eigenvalue weighted by Gasteiger charge is -2.12. The molecule has 2 heterocycles. The van der Waals surface area contributed by atoms with Gasteiger partial charge in [0.15, 0.2) is 5.65 Å². The van der Waals surface area contributed by atoms with Gasteiger partial charge in [0.25, 0.3) is 12.1 Å². The zero-order chi connectivity index (χ0) is 26.1. The minimum absolute atomic E-state index is 0.139. The van der Waals surface area contributed by atoms with E-state index in [1.54, 1.807) is 19.9 Å². The van der Waals surface area contributed by atoms with Crippen molar-refractivity contribution in [3.8, 4) is 11.5 Å². The number of non-ortho nitro benzene ring substituents is 1. The molecule has 0 radical (unpaired) electrons. The van der Waals surface area contributed by atoms with E-state index in [9.17, 15) is 23.7 Å². The maximum atomic E-state index is 13.5. The van der Waals surface area contributed by atoms with E-state index in [4.69, 9.17) is 4.74 Å². The lowest BCUT2D eigenvalue weighted by molar-refractivity contribution is -0.384. The smallest absolute Gasteiger partial charge is 0.275 e. The standard InChI is InChI=1S/C25H23F2N5O4/c1-13-5-6-14(2)21(7-13)36-19-10-17(9-18(11-19)32(34)35)29-22(33)12-31-25-23(16(4)30-31)20(24(26)27)8-15(3)28-25/h5-11,24H,12H2,1-4H3,(H,29,33). The molecule has 2 aromatic heterocycles.